The summed E-state index contributed by atoms with van der Waals surface area (Å²) < 4.78 is 4.85. The molecular weight excluding hydrogens is 226 g/mol. The van der Waals surface area contributed by atoms with Crippen LogP contribution in [0, 0.1) is 0 Å². The van der Waals surface area contributed by atoms with Crippen LogP contribution in [0.4, 0.5) is 5.69 Å². The summed E-state index contributed by atoms with van der Waals surface area (Å²) in [5.74, 6) is -0.234. The number of rotatable bonds is 2. The van der Waals surface area contributed by atoms with Gasteiger partial charge in [0.05, 0.1) is 7.11 Å². The van der Waals surface area contributed by atoms with E-state index in [0.29, 0.717) is 17.9 Å². The Morgan fingerprint density at radius 2 is 2.38 bits per heavy atom. The van der Waals surface area contributed by atoms with Crippen molar-refractivity contribution in [3.63, 3.8) is 0 Å². The van der Waals surface area contributed by atoms with Gasteiger partial charge in [0.2, 0.25) is 0 Å². The minimum absolute atomic E-state index is 0.234. The molecule has 3 nitrogen and oxygen atoms in total. The van der Waals surface area contributed by atoms with E-state index in [0.717, 1.165) is 11.3 Å². The summed E-state index contributed by atoms with van der Waals surface area (Å²) in [4.78, 5) is 11.8. The van der Waals surface area contributed by atoms with Crippen molar-refractivity contribution < 1.29 is 9.53 Å². The van der Waals surface area contributed by atoms with Crippen LogP contribution in [0.15, 0.2) is 18.2 Å². The third kappa shape index (κ3) is 1.55. The minimum Gasteiger partial charge on any atom is -0.467 e. The van der Waals surface area contributed by atoms with Gasteiger partial charge < -0.3 is 10.1 Å². The van der Waals surface area contributed by atoms with E-state index >= 15 is 0 Å². The van der Waals surface area contributed by atoms with Crippen LogP contribution in [0.5, 0.6) is 0 Å². The number of nitrogens with one attached hydrogen (secondary N) is 1. The number of esters is 1. The van der Waals surface area contributed by atoms with Crippen LogP contribution in [0.1, 0.15) is 18.9 Å². The molecule has 16 heavy (non-hydrogen) atoms. The monoisotopic (exact) mass is 239 g/mol. The van der Waals surface area contributed by atoms with Crippen LogP contribution in [0.3, 0.4) is 0 Å². The standard InChI is InChI=1S/C12H14ClNO2/c1-3-12(11(15)16-2)7-8-9(13)5-4-6-10(8)14-12/h4-6,14H,3,7H2,1-2H3. The second-order valence-corrected chi connectivity index (χ2v) is 4.40. The number of benzene rings is 1. The van der Waals surface area contributed by atoms with E-state index in [1.54, 1.807) is 0 Å². The Kier molecular flexibility index (Phi) is 2.80. The van der Waals surface area contributed by atoms with Gasteiger partial charge in [-0.25, -0.2) is 4.79 Å². The van der Waals surface area contributed by atoms with Gasteiger partial charge >= 0.3 is 5.97 Å². The lowest BCUT2D eigenvalue weighted by Crippen LogP contribution is -2.45. The smallest absolute Gasteiger partial charge is 0.331 e. The summed E-state index contributed by atoms with van der Waals surface area (Å²) in [5, 5.41) is 3.93. The molecule has 86 valence electrons. The molecule has 2 rings (SSSR count). The zero-order valence-electron chi connectivity index (χ0n) is 9.34. The molecule has 1 atom stereocenters. The third-order valence-corrected chi connectivity index (χ3v) is 3.51. The lowest BCUT2D eigenvalue weighted by atomic mass is 9.92. The zero-order valence-corrected chi connectivity index (χ0v) is 10.1. The molecule has 1 N–H and O–H groups in total. The van der Waals surface area contributed by atoms with E-state index in [2.05, 4.69) is 5.32 Å². The molecule has 1 aromatic rings. The number of halogens is 1. The second-order valence-electron chi connectivity index (χ2n) is 3.99. The number of carbonyl (C=O) groups excluding carboxylic acids is 1. The number of fused-ring (bicyclic) bond motifs is 1. The summed E-state index contributed by atoms with van der Waals surface area (Å²) in [6.45, 7) is 1.96. The summed E-state index contributed by atoms with van der Waals surface area (Å²) in [7, 11) is 1.41. The van der Waals surface area contributed by atoms with Crippen molar-refractivity contribution in [2.24, 2.45) is 0 Å². The van der Waals surface area contributed by atoms with Gasteiger partial charge in [-0.2, -0.15) is 0 Å². The van der Waals surface area contributed by atoms with Gasteiger partial charge in [-0.05, 0) is 24.1 Å². The number of carbonyl (C=O) groups is 1. The van der Waals surface area contributed by atoms with Gasteiger partial charge in [-0.15, -0.1) is 0 Å². The maximum atomic E-state index is 11.8. The summed E-state index contributed by atoms with van der Waals surface area (Å²) in [5.41, 5.74) is 1.28. The highest BCUT2D eigenvalue weighted by Gasteiger charge is 2.43. The van der Waals surface area contributed by atoms with Crippen molar-refractivity contribution in [2.75, 3.05) is 12.4 Å². The number of hydrogen-bond donors (Lipinski definition) is 1. The van der Waals surface area contributed by atoms with Crippen molar-refractivity contribution in [1.29, 1.82) is 0 Å². The highest BCUT2D eigenvalue weighted by atomic mass is 35.5. The van der Waals surface area contributed by atoms with Crippen molar-refractivity contribution in [3.05, 3.63) is 28.8 Å². The molecule has 1 aliphatic rings. The number of methoxy groups -OCH3 is 1. The van der Waals surface area contributed by atoms with Gasteiger partial charge in [-0.3, -0.25) is 0 Å². The molecule has 0 aromatic heterocycles. The Morgan fingerprint density at radius 3 is 2.94 bits per heavy atom. The first-order chi connectivity index (χ1) is 7.63. The minimum atomic E-state index is -0.651. The van der Waals surface area contributed by atoms with E-state index < -0.39 is 5.54 Å². The van der Waals surface area contributed by atoms with Crippen LogP contribution in [-0.2, 0) is 16.0 Å². The molecule has 1 aromatic carbocycles. The van der Waals surface area contributed by atoms with E-state index in [1.807, 2.05) is 25.1 Å². The van der Waals surface area contributed by atoms with E-state index in [-0.39, 0.29) is 5.97 Å². The normalized spacial score (nSPS) is 22.4. The van der Waals surface area contributed by atoms with Gasteiger partial charge in [0.1, 0.15) is 5.54 Å². The van der Waals surface area contributed by atoms with Crippen LogP contribution in [0.2, 0.25) is 5.02 Å². The van der Waals surface area contributed by atoms with Gasteiger partial charge in [0.25, 0.3) is 0 Å². The predicted octanol–water partition coefficient (Wildman–Crippen LogP) is 2.63. The average Bonchev–Trinajstić information content (AvgIpc) is 2.69. The van der Waals surface area contributed by atoms with Gasteiger partial charge in [0.15, 0.2) is 0 Å². The number of hydrogen-bond acceptors (Lipinski definition) is 3. The SMILES string of the molecule is CCC1(C(=O)OC)Cc2c(Cl)cccc2N1. The zero-order chi connectivity index (χ0) is 11.8. The molecule has 0 amide bonds. The highest BCUT2D eigenvalue weighted by molar-refractivity contribution is 6.32. The third-order valence-electron chi connectivity index (χ3n) is 3.15. The molecule has 0 fully saturated rings. The quantitative estimate of drug-likeness (QED) is 0.807. The van der Waals surface area contributed by atoms with Crippen LogP contribution in [-0.4, -0.2) is 18.6 Å². The fourth-order valence-corrected chi connectivity index (χ4v) is 2.38. The summed E-state index contributed by atoms with van der Waals surface area (Å²) in [6, 6.07) is 5.64. The maximum absolute atomic E-state index is 11.8. The average molecular weight is 240 g/mol. The first kappa shape index (κ1) is 11.3. The van der Waals surface area contributed by atoms with E-state index in [4.69, 9.17) is 16.3 Å². The van der Waals surface area contributed by atoms with Crippen LogP contribution < -0.4 is 5.32 Å². The Labute approximate surface area is 99.7 Å². The fourth-order valence-electron chi connectivity index (χ4n) is 2.14. The molecule has 0 spiro atoms. The molecule has 0 radical (unpaired) electrons. The van der Waals surface area contributed by atoms with Crippen molar-refractivity contribution in [2.45, 2.75) is 25.3 Å². The Bertz CT molecular complexity index is 433. The summed E-state index contributed by atoms with van der Waals surface area (Å²) in [6.07, 6.45) is 1.26. The topological polar surface area (TPSA) is 38.3 Å². The molecule has 4 heteroatoms. The van der Waals surface area contributed by atoms with Crippen LogP contribution in [0.25, 0.3) is 0 Å². The second kappa shape index (κ2) is 3.98. The van der Waals surface area contributed by atoms with Crippen LogP contribution >= 0.6 is 11.6 Å². The first-order valence-corrected chi connectivity index (χ1v) is 5.65. The van der Waals surface area contributed by atoms with Crippen molar-refractivity contribution in [1.82, 2.24) is 0 Å². The lowest BCUT2D eigenvalue weighted by molar-refractivity contribution is -0.145. The van der Waals surface area contributed by atoms with Crippen molar-refractivity contribution >= 4 is 23.3 Å². The van der Waals surface area contributed by atoms with Gasteiger partial charge in [0, 0.05) is 17.1 Å². The number of ether oxygens (including phenoxy) is 1. The molecule has 1 unspecified atom stereocenters. The van der Waals surface area contributed by atoms with E-state index in [1.165, 1.54) is 7.11 Å². The van der Waals surface area contributed by atoms with E-state index in [9.17, 15) is 4.79 Å². The lowest BCUT2D eigenvalue weighted by Gasteiger charge is -2.25. The fraction of sp³-hybridized carbons (Fsp3) is 0.417. The molecule has 0 saturated heterocycles. The van der Waals surface area contributed by atoms with Gasteiger partial charge in [-0.1, -0.05) is 24.6 Å². The first-order valence-electron chi connectivity index (χ1n) is 5.27. The maximum Gasteiger partial charge on any atom is 0.331 e. The number of anilines is 1. The molecule has 0 aliphatic carbocycles. The molecule has 0 saturated carbocycles. The molecule has 0 bridgehead atoms. The predicted molar refractivity (Wildman–Crippen MR) is 63.8 cm³/mol. The molecule has 1 heterocycles. The molecule has 1 aliphatic heterocycles. The largest absolute Gasteiger partial charge is 0.467 e. The highest BCUT2D eigenvalue weighted by Crippen LogP contribution is 2.38. The molecular formula is C12H14ClNO2. The Balaban J connectivity index is 2.39. The Hall–Kier alpha value is -1.22. The summed E-state index contributed by atoms with van der Waals surface area (Å²) >= 11 is 6.11. The van der Waals surface area contributed by atoms with Crippen molar-refractivity contribution in [3.8, 4) is 0 Å². The Morgan fingerprint density at radius 1 is 1.62 bits per heavy atom.